The molecule has 2 atom stereocenters. The summed E-state index contributed by atoms with van der Waals surface area (Å²) in [5, 5.41) is 0. The van der Waals surface area contributed by atoms with Gasteiger partial charge in [-0.25, -0.2) is 9.59 Å². The number of rotatable bonds is 6. The van der Waals surface area contributed by atoms with Gasteiger partial charge in [-0.1, -0.05) is 0 Å². The molecule has 0 amide bonds. The van der Waals surface area contributed by atoms with Crippen molar-refractivity contribution in [2.24, 2.45) is 0 Å². The highest BCUT2D eigenvalue weighted by Gasteiger charge is 2.49. The second-order valence-corrected chi connectivity index (χ2v) is 7.42. The number of aromatic amines is 1. The summed E-state index contributed by atoms with van der Waals surface area (Å²) in [6.45, 7) is 0.156. The lowest BCUT2D eigenvalue weighted by molar-refractivity contribution is -0.205. The molecular formula is C18H24N2O6. The fourth-order valence-corrected chi connectivity index (χ4v) is 3.64. The molecule has 8 heteroatoms. The van der Waals surface area contributed by atoms with Crippen molar-refractivity contribution in [3.63, 3.8) is 0 Å². The minimum absolute atomic E-state index is 0.156. The van der Waals surface area contributed by atoms with Gasteiger partial charge >= 0.3 is 11.7 Å². The Bertz CT molecular complexity index is 776. The minimum atomic E-state index is -0.751. The van der Waals surface area contributed by atoms with Crippen LogP contribution in [0.3, 0.4) is 0 Å². The van der Waals surface area contributed by atoms with E-state index in [1.807, 2.05) is 0 Å². The molecule has 142 valence electrons. The number of ether oxygens (including phenoxy) is 3. The van der Waals surface area contributed by atoms with Crippen LogP contribution in [0.5, 0.6) is 0 Å². The molecule has 1 aliphatic heterocycles. The normalized spacial score (nSPS) is 27.5. The Balaban J connectivity index is 1.30. The molecule has 1 aromatic heterocycles. The van der Waals surface area contributed by atoms with Crippen LogP contribution >= 0.6 is 0 Å². The first-order valence-electron chi connectivity index (χ1n) is 9.38. The summed E-state index contributed by atoms with van der Waals surface area (Å²) in [5.74, 6) is -0.288. The predicted molar refractivity (Wildman–Crippen MR) is 90.7 cm³/mol. The molecule has 4 rings (SSSR count). The fraction of sp³-hybridized carbons (Fsp3) is 0.722. The molecule has 2 aliphatic carbocycles. The van der Waals surface area contributed by atoms with Gasteiger partial charge in [0.15, 0.2) is 5.60 Å². The van der Waals surface area contributed by atoms with Gasteiger partial charge in [-0.2, -0.15) is 0 Å². The number of nitrogens with one attached hydrogen (secondary N) is 1. The van der Waals surface area contributed by atoms with E-state index in [1.165, 1.54) is 16.8 Å². The smallest absolute Gasteiger partial charge is 0.338 e. The van der Waals surface area contributed by atoms with E-state index in [0.717, 1.165) is 38.5 Å². The van der Waals surface area contributed by atoms with Crippen LogP contribution in [0.4, 0.5) is 0 Å². The Morgan fingerprint density at radius 3 is 2.65 bits per heavy atom. The van der Waals surface area contributed by atoms with E-state index >= 15 is 0 Å². The van der Waals surface area contributed by atoms with E-state index in [1.54, 1.807) is 0 Å². The van der Waals surface area contributed by atoms with E-state index in [0.29, 0.717) is 12.8 Å². The maximum Gasteiger partial charge on any atom is 0.338 e. The SMILES string of the molecule is O=C(OCC1CCC(n2ccc(=O)[nH]c2=O)O1)C1(OC2CCC2)CCC1. The summed E-state index contributed by atoms with van der Waals surface area (Å²) in [6.07, 6.45) is 7.86. The Morgan fingerprint density at radius 2 is 2.04 bits per heavy atom. The molecular weight excluding hydrogens is 340 g/mol. The minimum Gasteiger partial charge on any atom is -0.461 e. The van der Waals surface area contributed by atoms with Crippen LogP contribution in [-0.2, 0) is 19.0 Å². The summed E-state index contributed by atoms with van der Waals surface area (Å²) >= 11 is 0. The lowest BCUT2D eigenvalue weighted by atomic mass is 9.79. The first-order chi connectivity index (χ1) is 12.6. The summed E-state index contributed by atoms with van der Waals surface area (Å²) in [6, 6.07) is 1.29. The van der Waals surface area contributed by atoms with Crippen molar-refractivity contribution in [2.75, 3.05) is 6.61 Å². The maximum atomic E-state index is 12.5. The van der Waals surface area contributed by atoms with E-state index in [4.69, 9.17) is 14.2 Å². The van der Waals surface area contributed by atoms with Gasteiger partial charge in [0.1, 0.15) is 12.8 Å². The second kappa shape index (κ2) is 7.00. The molecule has 2 saturated carbocycles. The highest BCUT2D eigenvalue weighted by molar-refractivity contribution is 5.80. The summed E-state index contributed by atoms with van der Waals surface area (Å²) < 4.78 is 18.7. The molecule has 2 heterocycles. The van der Waals surface area contributed by atoms with Crippen molar-refractivity contribution in [1.29, 1.82) is 0 Å². The molecule has 26 heavy (non-hydrogen) atoms. The zero-order chi connectivity index (χ0) is 18.1. The average Bonchev–Trinajstić information content (AvgIpc) is 2.99. The third-order valence-corrected chi connectivity index (χ3v) is 5.62. The van der Waals surface area contributed by atoms with Crippen LogP contribution in [0.25, 0.3) is 0 Å². The number of nitrogens with zero attached hydrogens (tertiary/aromatic N) is 1. The number of aromatic nitrogens is 2. The van der Waals surface area contributed by atoms with Gasteiger partial charge in [0, 0.05) is 12.3 Å². The second-order valence-electron chi connectivity index (χ2n) is 7.42. The molecule has 0 spiro atoms. The monoisotopic (exact) mass is 364 g/mol. The van der Waals surface area contributed by atoms with Crippen molar-refractivity contribution in [1.82, 2.24) is 9.55 Å². The van der Waals surface area contributed by atoms with Gasteiger partial charge in [0.2, 0.25) is 0 Å². The van der Waals surface area contributed by atoms with Gasteiger partial charge in [-0.05, 0) is 51.4 Å². The molecule has 3 fully saturated rings. The Hall–Kier alpha value is -1.93. The average molecular weight is 364 g/mol. The first kappa shape index (κ1) is 17.5. The zero-order valence-corrected chi connectivity index (χ0v) is 14.6. The van der Waals surface area contributed by atoms with Crippen LogP contribution in [0, 0.1) is 0 Å². The van der Waals surface area contributed by atoms with Crippen LogP contribution in [-0.4, -0.2) is 39.9 Å². The third kappa shape index (κ3) is 3.35. The number of H-pyrrole nitrogens is 1. The Morgan fingerprint density at radius 1 is 1.23 bits per heavy atom. The van der Waals surface area contributed by atoms with Crippen molar-refractivity contribution >= 4 is 5.97 Å². The number of esters is 1. The van der Waals surface area contributed by atoms with Crippen LogP contribution in [0.15, 0.2) is 21.9 Å². The van der Waals surface area contributed by atoms with Crippen molar-refractivity contribution in [3.05, 3.63) is 33.1 Å². The zero-order valence-electron chi connectivity index (χ0n) is 14.6. The highest BCUT2D eigenvalue weighted by Crippen LogP contribution is 2.41. The van der Waals surface area contributed by atoms with Gasteiger partial charge < -0.3 is 14.2 Å². The van der Waals surface area contributed by atoms with E-state index in [-0.39, 0.29) is 24.8 Å². The number of hydrogen-bond donors (Lipinski definition) is 1. The number of hydrogen-bond acceptors (Lipinski definition) is 6. The van der Waals surface area contributed by atoms with Gasteiger partial charge in [-0.3, -0.25) is 14.3 Å². The standard InChI is InChI=1S/C18H24N2O6/c21-14-7-10-20(17(23)19-14)15-6-5-13(25-15)11-24-16(22)18(8-2-9-18)26-12-3-1-4-12/h7,10,12-13,15H,1-6,8-9,11H2,(H,19,21,23). The van der Waals surface area contributed by atoms with Crippen molar-refractivity contribution < 1.29 is 19.0 Å². The highest BCUT2D eigenvalue weighted by atomic mass is 16.6. The molecule has 0 bridgehead atoms. The molecule has 1 aromatic rings. The molecule has 8 nitrogen and oxygen atoms in total. The predicted octanol–water partition coefficient (Wildman–Crippen LogP) is 1.25. The lowest BCUT2D eigenvalue weighted by Crippen LogP contribution is -2.52. The van der Waals surface area contributed by atoms with Gasteiger partial charge in [-0.15, -0.1) is 0 Å². The van der Waals surface area contributed by atoms with Crippen LogP contribution < -0.4 is 11.2 Å². The van der Waals surface area contributed by atoms with Gasteiger partial charge in [0.25, 0.3) is 5.56 Å². The largest absolute Gasteiger partial charge is 0.461 e. The summed E-state index contributed by atoms with van der Waals surface area (Å²) in [7, 11) is 0. The molecule has 1 saturated heterocycles. The Kier molecular flexibility index (Phi) is 4.71. The van der Waals surface area contributed by atoms with Crippen molar-refractivity contribution in [2.45, 2.75) is 75.4 Å². The lowest BCUT2D eigenvalue weighted by Gasteiger charge is -2.43. The molecule has 1 N–H and O–H groups in total. The third-order valence-electron chi connectivity index (χ3n) is 5.62. The van der Waals surface area contributed by atoms with E-state index < -0.39 is 23.1 Å². The van der Waals surface area contributed by atoms with Crippen molar-refractivity contribution in [3.8, 4) is 0 Å². The number of carbonyl (C=O) groups excluding carboxylic acids is 1. The van der Waals surface area contributed by atoms with Gasteiger partial charge in [0.05, 0.1) is 12.2 Å². The summed E-state index contributed by atoms with van der Waals surface area (Å²) in [5.41, 5.74) is -1.69. The van der Waals surface area contributed by atoms with Crippen LogP contribution in [0.2, 0.25) is 0 Å². The van der Waals surface area contributed by atoms with Crippen LogP contribution in [0.1, 0.15) is 57.6 Å². The molecule has 3 aliphatic rings. The molecule has 0 radical (unpaired) electrons. The maximum absolute atomic E-state index is 12.5. The molecule has 0 aromatic carbocycles. The molecule has 2 unspecified atom stereocenters. The Labute approximate surface area is 150 Å². The quantitative estimate of drug-likeness (QED) is 0.763. The van der Waals surface area contributed by atoms with E-state index in [2.05, 4.69) is 4.98 Å². The summed E-state index contributed by atoms with van der Waals surface area (Å²) in [4.78, 5) is 37.7. The number of carbonyl (C=O) groups is 1. The fourth-order valence-electron chi connectivity index (χ4n) is 3.64. The topological polar surface area (TPSA) is 99.6 Å². The van der Waals surface area contributed by atoms with E-state index in [9.17, 15) is 14.4 Å². The first-order valence-corrected chi connectivity index (χ1v) is 9.38.